The van der Waals surface area contributed by atoms with Crippen molar-refractivity contribution in [3.8, 4) is 11.3 Å². The van der Waals surface area contributed by atoms with Crippen LogP contribution in [0, 0.1) is 0 Å². The molecule has 1 N–H and O–H groups in total. The summed E-state index contributed by atoms with van der Waals surface area (Å²) in [5, 5.41) is 9.39. The van der Waals surface area contributed by atoms with Crippen LogP contribution in [-0.2, 0) is 4.79 Å². The minimum absolute atomic E-state index is 0.0659. The van der Waals surface area contributed by atoms with Crippen molar-refractivity contribution in [2.45, 2.75) is 6.42 Å². The Hall–Kier alpha value is -3.20. The largest absolute Gasteiger partial charge is 0.355 e. The number of carbonyl (C=O) groups is 2. The number of hydrogen-bond acceptors (Lipinski definition) is 7. The summed E-state index contributed by atoms with van der Waals surface area (Å²) in [6, 6.07) is 11.0. The molecule has 3 heterocycles. The zero-order valence-electron chi connectivity index (χ0n) is 15.8. The third-order valence-corrected chi connectivity index (χ3v) is 5.57. The number of thiazole rings is 1. The summed E-state index contributed by atoms with van der Waals surface area (Å²) in [6.07, 6.45) is 2.65. The lowest BCUT2D eigenvalue weighted by Crippen LogP contribution is -2.42. The van der Waals surface area contributed by atoms with Gasteiger partial charge in [0.15, 0.2) is 16.6 Å². The Kier molecular flexibility index (Phi) is 5.85. The first-order valence-corrected chi connectivity index (χ1v) is 10.3. The first-order valence-electron chi connectivity index (χ1n) is 9.43. The van der Waals surface area contributed by atoms with Gasteiger partial charge in [-0.25, -0.2) is 4.98 Å². The van der Waals surface area contributed by atoms with Crippen LogP contribution in [0.25, 0.3) is 11.3 Å². The zero-order valence-corrected chi connectivity index (χ0v) is 16.6. The summed E-state index contributed by atoms with van der Waals surface area (Å²) in [7, 11) is 0. The molecule has 1 fully saturated rings. The van der Waals surface area contributed by atoms with Gasteiger partial charge < -0.3 is 19.6 Å². The normalized spacial score (nSPS) is 14.5. The Morgan fingerprint density at radius 2 is 2.00 bits per heavy atom. The highest BCUT2D eigenvalue weighted by Crippen LogP contribution is 2.20. The molecule has 0 radical (unpaired) electrons. The molecule has 2 aromatic heterocycles. The van der Waals surface area contributed by atoms with Gasteiger partial charge in [0.1, 0.15) is 0 Å². The molecular formula is C20H21N5O3S. The Labute approximate surface area is 172 Å². The fraction of sp³-hybridized carbons (Fsp3) is 0.300. The van der Waals surface area contributed by atoms with E-state index in [1.165, 1.54) is 0 Å². The van der Waals surface area contributed by atoms with Crippen molar-refractivity contribution in [2.75, 3.05) is 37.6 Å². The molecule has 0 aliphatic carbocycles. The molecule has 150 valence electrons. The molecule has 1 aromatic carbocycles. The summed E-state index contributed by atoms with van der Waals surface area (Å²) in [4.78, 5) is 33.2. The van der Waals surface area contributed by atoms with Crippen LogP contribution in [0.15, 0.2) is 52.5 Å². The molecule has 0 atom stereocenters. The smallest absolute Gasteiger partial charge is 0.273 e. The van der Waals surface area contributed by atoms with E-state index in [1.54, 1.807) is 28.5 Å². The average molecular weight is 411 g/mol. The monoisotopic (exact) mass is 411 g/mol. The highest BCUT2D eigenvalue weighted by atomic mass is 32.1. The van der Waals surface area contributed by atoms with Crippen LogP contribution < -0.4 is 10.2 Å². The number of anilines is 1. The summed E-state index contributed by atoms with van der Waals surface area (Å²) >= 11 is 1.60. The Morgan fingerprint density at radius 1 is 1.14 bits per heavy atom. The van der Waals surface area contributed by atoms with Gasteiger partial charge in [-0.3, -0.25) is 9.59 Å². The highest BCUT2D eigenvalue weighted by molar-refractivity contribution is 7.13. The maximum atomic E-state index is 12.5. The molecule has 0 spiro atoms. The van der Waals surface area contributed by atoms with Crippen LogP contribution in [0.2, 0.25) is 0 Å². The van der Waals surface area contributed by atoms with Gasteiger partial charge in [0.25, 0.3) is 5.91 Å². The third kappa shape index (κ3) is 4.62. The van der Waals surface area contributed by atoms with E-state index in [-0.39, 0.29) is 18.1 Å². The van der Waals surface area contributed by atoms with Gasteiger partial charge in [0, 0.05) is 49.4 Å². The molecule has 29 heavy (non-hydrogen) atoms. The fourth-order valence-electron chi connectivity index (χ4n) is 3.21. The second-order valence-corrected chi connectivity index (χ2v) is 7.53. The second-order valence-electron chi connectivity index (χ2n) is 6.66. The van der Waals surface area contributed by atoms with Gasteiger partial charge >= 0.3 is 0 Å². The zero-order chi connectivity index (χ0) is 20.1. The Morgan fingerprint density at radius 3 is 2.79 bits per heavy atom. The number of rotatable bonds is 5. The van der Waals surface area contributed by atoms with Crippen LogP contribution in [0.4, 0.5) is 5.13 Å². The molecule has 4 rings (SSSR count). The lowest BCUT2D eigenvalue weighted by molar-refractivity contribution is -0.129. The topological polar surface area (TPSA) is 91.6 Å². The van der Waals surface area contributed by atoms with Gasteiger partial charge in [-0.05, 0) is 6.42 Å². The number of carbonyl (C=O) groups excluding carboxylic acids is 2. The van der Waals surface area contributed by atoms with Crippen molar-refractivity contribution in [1.82, 2.24) is 20.4 Å². The van der Waals surface area contributed by atoms with E-state index < -0.39 is 5.91 Å². The number of amides is 2. The van der Waals surface area contributed by atoms with E-state index in [0.29, 0.717) is 18.8 Å². The van der Waals surface area contributed by atoms with E-state index in [1.807, 2.05) is 35.7 Å². The van der Waals surface area contributed by atoms with Crippen LogP contribution in [0.1, 0.15) is 16.9 Å². The van der Waals surface area contributed by atoms with Crippen molar-refractivity contribution in [2.24, 2.45) is 0 Å². The predicted octanol–water partition coefficient (Wildman–Crippen LogP) is 2.27. The first-order chi connectivity index (χ1) is 14.2. The minimum atomic E-state index is -0.427. The second kappa shape index (κ2) is 8.87. The van der Waals surface area contributed by atoms with Crippen molar-refractivity contribution in [3.63, 3.8) is 0 Å². The maximum absolute atomic E-state index is 12.5. The van der Waals surface area contributed by atoms with Crippen LogP contribution in [0.3, 0.4) is 0 Å². The van der Waals surface area contributed by atoms with E-state index in [9.17, 15) is 9.59 Å². The maximum Gasteiger partial charge on any atom is 0.273 e. The van der Waals surface area contributed by atoms with Crippen molar-refractivity contribution >= 4 is 28.3 Å². The van der Waals surface area contributed by atoms with Gasteiger partial charge in [-0.2, -0.15) is 0 Å². The first kappa shape index (κ1) is 19.1. The molecule has 0 saturated carbocycles. The molecule has 0 unspecified atom stereocenters. The summed E-state index contributed by atoms with van der Waals surface area (Å²) in [6.45, 7) is 2.81. The van der Waals surface area contributed by atoms with Crippen molar-refractivity contribution in [1.29, 1.82) is 0 Å². The van der Waals surface area contributed by atoms with Crippen LogP contribution in [-0.4, -0.2) is 59.6 Å². The van der Waals surface area contributed by atoms with E-state index >= 15 is 0 Å². The Bertz CT molecular complexity index is 958. The lowest BCUT2D eigenvalue weighted by atomic mass is 10.1. The fourth-order valence-corrected chi connectivity index (χ4v) is 3.91. The minimum Gasteiger partial charge on any atom is -0.355 e. The van der Waals surface area contributed by atoms with Crippen LogP contribution >= 0.6 is 11.3 Å². The predicted molar refractivity (Wildman–Crippen MR) is 110 cm³/mol. The van der Waals surface area contributed by atoms with Gasteiger partial charge in [0.05, 0.1) is 6.54 Å². The number of aromatic nitrogens is 2. The van der Waals surface area contributed by atoms with E-state index in [2.05, 4.69) is 20.4 Å². The van der Waals surface area contributed by atoms with Gasteiger partial charge in [0.2, 0.25) is 5.91 Å². The van der Waals surface area contributed by atoms with Gasteiger partial charge in [-0.1, -0.05) is 35.5 Å². The van der Waals surface area contributed by atoms with E-state index in [0.717, 1.165) is 30.2 Å². The number of benzene rings is 1. The van der Waals surface area contributed by atoms with Crippen LogP contribution in [0.5, 0.6) is 0 Å². The van der Waals surface area contributed by atoms with E-state index in [4.69, 9.17) is 4.52 Å². The summed E-state index contributed by atoms with van der Waals surface area (Å²) in [5.74, 6) is -0.0218. The highest BCUT2D eigenvalue weighted by Gasteiger charge is 2.21. The van der Waals surface area contributed by atoms with Crippen molar-refractivity contribution < 1.29 is 14.1 Å². The Balaban J connectivity index is 1.29. The molecule has 8 nitrogen and oxygen atoms in total. The molecule has 0 bridgehead atoms. The molecule has 9 heteroatoms. The van der Waals surface area contributed by atoms with Crippen molar-refractivity contribution in [3.05, 3.63) is 53.7 Å². The quantitative estimate of drug-likeness (QED) is 0.693. The standard InChI is InChI=1S/C20H21N5O3S/c26-18(24-8-4-9-25(11-10-24)20-21-7-12-29-20)14-22-19(27)16-13-17(28-23-16)15-5-2-1-3-6-15/h1-3,5-7,12-13H,4,8-11,14H2,(H,22,27). The van der Waals surface area contributed by atoms with Gasteiger partial charge in [-0.15, -0.1) is 11.3 Å². The SMILES string of the molecule is O=C(NCC(=O)N1CCCN(c2nccs2)CC1)c1cc(-c2ccccc2)on1. The molecular weight excluding hydrogens is 390 g/mol. The number of hydrogen-bond donors (Lipinski definition) is 1. The third-order valence-electron chi connectivity index (χ3n) is 4.74. The molecule has 1 aliphatic heterocycles. The molecule has 2 amide bonds. The molecule has 3 aromatic rings. The summed E-state index contributed by atoms with van der Waals surface area (Å²) < 4.78 is 5.24. The summed E-state index contributed by atoms with van der Waals surface area (Å²) in [5.41, 5.74) is 0.993. The number of nitrogens with one attached hydrogen (secondary N) is 1. The average Bonchev–Trinajstić information content (AvgIpc) is 3.41. The lowest BCUT2D eigenvalue weighted by Gasteiger charge is -2.21. The molecule has 1 aliphatic rings. The number of nitrogens with zero attached hydrogens (tertiary/aromatic N) is 4. The molecule has 1 saturated heterocycles.